The molecule has 0 aliphatic rings. The fraction of sp³-hybridized carbons (Fsp3) is 0.250. The molecule has 0 bridgehead atoms. The molecule has 1 N–H and O–H groups in total. The Balaban J connectivity index is 2.12. The summed E-state index contributed by atoms with van der Waals surface area (Å²) in [7, 11) is 0. The molecule has 140 valence electrons. The van der Waals surface area contributed by atoms with Crippen LogP contribution in [0.4, 0.5) is 4.39 Å². The molecule has 0 aliphatic carbocycles. The number of rotatable bonds is 6. The minimum absolute atomic E-state index is 0.150. The van der Waals surface area contributed by atoms with Crippen molar-refractivity contribution < 1.29 is 9.18 Å². The van der Waals surface area contributed by atoms with Crippen molar-refractivity contribution in [3.8, 4) is 11.3 Å². The van der Waals surface area contributed by atoms with Crippen LogP contribution >= 0.6 is 0 Å². The standard InChI is InChI=1S/C20H21FN4O2/c1-4-9-25-17(14-5-7-15(21)8-6-14)12-24-11-16(23-18(24)20(25)27)19(26)22-10-13(2)3/h4-8,11-13H,1,9-10H2,2-3H3,(H,22,26). The number of nitrogens with one attached hydrogen (secondary N) is 1. The zero-order valence-electron chi connectivity index (χ0n) is 15.3. The van der Waals surface area contributed by atoms with Gasteiger partial charge in [-0.05, 0) is 35.7 Å². The van der Waals surface area contributed by atoms with E-state index in [9.17, 15) is 14.0 Å². The topological polar surface area (TPSA) is 68.4 Å². The lowest BCUT2D eigenvalue weighted by molar-refractivity contribution is 0.0944. The monoisotopic (exact) mass is 368 g/mol. The molecule has 1 amide bonds. The Morgan fingerprint density at radius 1 is 1.30 bits per heavy atom. The lowest BCUT2D eigenvalue weighted by atomic mass is 10.1. The second kappa shape index (κ2) is 7.57. The van der Waals surface area contributed by atoms with Crippen LogP contribution in [0.15, 0.2) is 54.1 Å². The number of allylic oxidation sites excluding steroid dienone is 1. The lowest BCUT2D eigenvalue weighted by Crippen LogP contribution is -2.27. The number of nitrogens with zero attached hydrogens (tertiary/aromatic N) is 3. The van der Waals surface area contributed by atoms with E-state index in [1.807, 2.05) is 13.8 Å². The van der Waals surface area contributed by atoms with Crippen molar-refractivity contribution in [1.29, 1.82) is 0 Å². The van der Waals surface area contributed by atoms with Gasteiger partial charge in [0.15, 0.2) is 0 Å². The molecule has 3 aromatic rings. The normalized spacial score (nSPS) is 11.1. The molecule has 1 aromatic carbocycles. The molecule has 0 saturated heterocycles. The van der Waals surface area contributed by atoms with E-state index in [-0.39, 0.29) is 35.2 Å². The molecule has 27 heavy (non-hydrogen) atoms. The quantitative estimate of drug-likeness (QED) is 0.680. The van der Waals surface area contributed by atoms with Crippen LogP contribution < -0.4 is 10.9 Å². The van der Waals surface area contributed by atoms with Crippen molar-refractivity contribution in [2.45, 2.75) is 20.4 Å². The van der Waals surface area contributed by atoms with E-state index >= 15 is 0 Å². The second-order valence-corrected chi connectivity index (χ2v) is 6.69. The highest BCUT2D eigenvalue weighted by Gasteiger charge is 2.16. The molecule has 2 heterocycles. The third-order valence-corrected chi connectivity index (χ3v) is 4.08. The minimum Gasteiger partial charge on any atom is -0.350 e. The molecular formula is C20H21FN4O2. The Labute approximate surface area is 156 Å². The fourth-order valence-corrected chi connectivity index (χ4v) is 2.74. The van der Waals surface area contributed by atoms with Crippen LogP contribution in [0.5, 0.6) is 0 Å². The summed E-state index contributed by atoms with van der Waals surface area (Å²) >= 11 is 0. The number of hydrogen-bond donors (Lipinski definition) is 1. The molecule has 0 unspecified atom stereocenters. The van der Waals surface area contributed by atoms with Gasteiger partial charge in [-0.25, -0.2) is 9.37 Å². The van der Waals surface area contributed by atoms with Gasteiger partial charge in [0, 0.05) is 25.5 Å². The predicted octanol–water partition coefficient (Wildman–Crippen LogP) is 2.87. The van der Waals surface area contributed by atoms with Crippen molar-refractivity contribution in [1.82, 2.24) is 19.3 Å². The first kappa shape index (κ1) is 18.6. The lowest BCUT2D eigenvalue weighted by Gasteiger charge is -2.12. The number of benzene rings is 1. The Morgan fingerprint density at radius 3 is 2.63 bits per heavy atom. The van der Waals surface area contributed by atoms with Gasteiger partial charge in [-0.15, -0.1) is 6.58 Å². The van der Waals surface area contributed by atoms with E-state index in [1.165, 1.54) is 27.3 Å². The van der Waals surface area contributed by atoms with E-state index in [4.69, 9.17) is 0 Å². The third kappa shape index (κ3) is 3.81. The third-order valence-electron chi connectivity index (χ3n) is 4.08. The average molecular weight is 368 g/mol. The minimum atomic E-state index is -0.357. The maximum absolute atomic E-state index is 13.3. The molecule has 7 heteroatoms. The first-order valence-electron chi connectivity index (χ1n) is 8.68. The van der Waals surface area contributed by atoms with Crippen LogP contribution in [0.25, 0.3) is 16.9 Å². The van der Waals surface area contributed by atoms with E-state index in [0.717, 1.165) is 0 Å². The van der Waals surface area contributed by atoms with E-state index < -0.39 is 0 Å². The number of aromatic nitrogens is 3. The molecule has 0 spiro atoms. The van der Waals surface area contributed by atoms with Gasteiger partial charge in [-0.2, -0.15) is 0 Å². The highest BCUT2D eigenvalue weighted by atomic mass is 19.1. The summed E-state index contributed by atoms with van der Waals surface area (Å²) in [6.07, 6.45) is 4.83. The van der Waals surface area contributed by atoms with Gasteiger partial charge in [0.2, 0.25) is 5.65 Å². The molecule has 2 aromatic heterocycles. The van der Waals surface area contributed by atoms with E-state index in [1.54, 1.807) is 24.4 Å². The van der Waals surface area contributed by atoms with Gasteiger partial charge < -0.3 is 5.32 Å². The zero-order valence-corrected chi connectivity index (χ0v) is 15.3. The summed E-state index contributed by atoms with van der Waals surface area (Å²) in [6, 6.07) is 5.87. The number of halogens is 1. The van der Waals surface area contributed by atoms with Crippen LogP contribution in [0.1, 0.15) is 24.3 Å². The largest absolute Gasteiger partial charge is 0.350 e. The number of carbonyl (C=O) groups is 1. The zero-order chi connectivity index (χ0) is 19.6. The highest BCUT2D eigenvalue weighted by molar-refractivity contribution is 5.92. The Bertz CT molecular complexity index is 1050. The Morgan fingerprint density at radius 2 is 2.00 bits per heavy atom. The summed E-state index contributed by atoms with van der Waals surface area (Å²) in [5.41, 5.74) is 1.24. The predicted molar refractivity (Wildman–Crippen MR) is 102 cm³/mol. The van der Waals surface area contributed by atoms with Gasteiger partial charge in [0.25, 0.3) is 11.5 Å². The Hall–Kier alpha value is -3.22. The van der Waals surface area contributed by atoms with Crippen molar-refractivity contribution in [2.24, 2.45) is 5.92 Å². The first-order chi connectivity index (χ1) is 12.9. The van der Waals surface area contributed by atoms with Crippen LogP contribution in [-0.4, -0.2) is 26.4 Å². The fourth-order valence-electron chi connectivity index (χ4n) is 2.74. The number of amides is 1. The summed E-state index contributed by atoms with van der Waals surface area (Å²) < 4.78 is 16.3. The van der Waals surface area contributed by atoms with Crippen LogP contribution in [0.3, 0.4) is 0 Å². The number of carbonyl (C=O) groups excluding carboxylic acids is 1. The van der Waals surface area contributed by atoms with Crippen molar-refractivity contribution in [3.63, 3.8) is 0 Å². The molecule has 0 atom stereocenters. The molecule has 3 rings (SSSR count). The SMILES string of the molecule is C=CCn1c(-c2ccc(F)cc2)cn2cc(C(=O)NCC(C)C)nc2c1=O. The van der Waals surface area contributed by atoms with Gasteiger partial charge in [0.05, 0.1) is 5.69 Å². The van der Waals surface area contributed by atoms with Gasteiger partial charge >= 0.3 is 0 Å². The van der Waals surface area contributed by atoms with Crippen molar-refractivity contribution in [2.75, 3.05) is 6.54 Å². The number of hydrogen-bond acceptors (Lipinski definition) is 3. The van der Waals surface area contributed by atoms with Gasteiger partial charge in [-0.3, -0.25) is 18.6 Å². The maximum Gasteiger partial charge on any atom is 0.295 e. The van der Waals surface area contributed by atoms with Crippen LogP contribution in [0.2, 0.25) is 0 Å². The average Bonchev–Trinajstić information content (AvgIpc) is 3.07. The maximum atomic E-state index is 13.3. The summed E-state index contributed by atoms with van der Waals surface area (Å²) in [5, 5.41) is 2.79. The summed E-state index contributed by atoms with van der Waals surface area (Å²) in [6.45, 7) is 8.46. The summed E-state index contributed by atoms with van der Waals surface area (Å²) in [4.78, 5) is 29.4. The molecular weight excluding hydrogens is 347 g/mol. The van der Waals surface area contributed by atoms with E-state index in [2.05, 4.69) is 16.9 Å². The molecule has 0 radical (unpaired) electrons. The number of fused-ring (bicyclic) bond motifs is 1. The van der Waals surface area contributed by atoms with E-state index in [0.29, 0.717) is 23.7 Å². The van der Waals surface area contributed by atoms with Crippen molar-refractivity contribution >= 4 is 11.6 Å². The van der Waals surface area contributed by atoms with Crippen molar-refractivity contribution in [3.05, 3.63) is 71.2 Å². The van der Waals surface area contributed by atoms with Gasteiger partial charge in [0.1, 0.15) is 11.5 Å². The molecule has 0 fully saturated rings. The smallest absolute Gasteiger partial charge is 0.295 e. The second-order valence-electron chi connectivity index (χ2n) is 6.69. The molecule has 0 aliphatic heterocycles. The number of imidazole rings is 1. The molecule has 0 saturated carbocycles. The Kier molecular flexibility index (Phi) is 5.21. The summed E-state index contributed by atoms with van der Waals surface area (Å²) in [5.74, 6) is -0.379. The van der Waals surface area contributed by atoms with Crippen LogP contribution in [0, 0.1) is 11.7 Å². The van der Waals surface area contributed by atoms with Crippen LogP contribution in [-0.2, 0) is 6.54 Å². The van der Waals surface area contributed by atoms with Gasteiger partial charge in [-0.1, -0.05) is 19.9 Å². The first-order valence-corrected chi connectivity index (χ1v) is 8.68. The highest BCUT2D eigenvalue weighted by Crippen LogP contribution is 2.19. The molecule has 6 nitrogen and oxygen atoms in total.